The third-order valence-electron chi connectivity index (χ3n) is 4.28. The fourth-order valence-corrected chi connectivity index (χ4v) is 4.27. The second kappa shape index (κ2) is 8.97. The summed E-state index contributed by atoms with van der Waals surface area (Å²) in [6, 6.07) is 20.0. The maximum atomic E-state index is 12.8. The van der Waals surface area contributed by atoms with Crippen LogP contribution in [-0.2, 0) is 9.59 Å². The van der Waals surface area contributed by atoms with E-state index in [2.05, 4.69) is 0 Å². The summed E-state index contributed by atoms with van der Waals surface area (Å²) in [7, 11) is 0. The van der Waals surface area contributed by atoms with Crippen molar-refractivity contribution in [2.45, 2.75) is 18.8 Å². The minimum Gasteiger partial charge on any atom is -0.481 e. The predicted molar refractivity (Wildman–Crippen MR) is 112 cm³/mol. The molecule has 1 N–H and O–H groups in total. The van der Waals surface area contributed by atoms with Gasteiger partial charge in [0, 0.05) is 18.9 Å². The van der Waals surface area contributed by atoms with E-state index in [9.17, 15) is 9.59 Å². The molecule has 2 aromatic carbocycles. The number of thiocarbonyl (C=S) groups is 1. The molecule has 0 atom stereocenters. The molecule has 1 saturated heterocycles. The molecule has 27 heavy (non-hydrogen) atoms. The van der Waals surface area contributed by atoms with Gasteiger partial charge in [0.15, 0.2) is 0 Å². The molecule has 3 rings (SSSR count). The number of carbonyl (C=O) groups excluding carboxylic acids is 1. The van der Waals surface area contributed by atoms with Crippen molar-refractivity contribution in [2.24, 2.45) is 0 Å². The Hall–Kier alpha value is -2.44. The van der Waals surface area contributed by atoms with Crippen LogP contribution >= 0.6 is 24.0 Å². The number of thioether (sulfide) groups is 1. The lowest BCUT2D eigenvalue weighted by Gasteiger charge is -2.15. The van der Waals surface area contributed by atoms with Gasteiger partial charge in [-0.25, -0.2) is 0 Å². The van der Waals surface area contributed by atoms with Crippen molar-refractivity contribution in [3.8, 4) is 0 Å². The highest BCUT2D eigenvalue weighted by Crippen LogP contribution is 2.36. The first-order valence-corrected chi connectivity index (χ1v) is 9.86. The highest BCUT2D eigenvalue weighted by molar-refractivity contribution is 8.26. The van der Waals surface area contributed by atoms with Crippen LogP contribution < -0.4 is 0 Å². The van der Waals surface area contributed by atoms with Gasteiger partial charge < -0.3 is 5.11 Å². The lowest BCUT2D eigenvalue weighted by atomic mass is 9.91. The Morgan fingerprint density at radius 1 is 1.07 bits per heavy atom. The van der Waals surface area contributed by atoms with Gasteiger partial charge in [-0.2, -0.15) is 0 Å². The summed E-state index contributed by atoms with van der Waals surface area (Å²) in [5.74, 6) is -1.07. The molecule has 1 amide bonds. The molecule has 1 heterocycles. The van der Waals surface area contributed by atoms with Gasteiger partial charge in [-0.05, 0) is 17.5 Å². The first-order chi connectivity index (χ1) is 13.1. The molecule has 0 saturated carbocycles. The SMILES string of the molecule is O=C(O)CCCN1C(=O)/C(=C\C(c2ccccc2)c2ccccc2)SC1=S. The number of amides is 1. The monoisotopic (exact) mass is 397 g/mol. The molecule has 0 aromatic heterocycles. The van der Waals surface area contributed by atoms with Gasteiger partial charge in [-0.1, -0.05) is 90.7 Å². The summed E-state index contributed by atoms with van der Waals surface area (Å²) in [5.41, 5.74) is 2.19. The van der Waals surface area contributed by atoms with Crippen LogP contribution in [0.1, 0.15) is 29.9 Å². The highest BCUT2D eigenvalue weighted by Gasteiger charge is 2.32. The number of hydrogen-bond donors (Lipinski definition) is 1. The Labute approximate surface area is 167 Å². The zero-order valence-corrected chi connectivity index (χ0v) is 16.2. The second-order valence-electron chi connectivity index (χ2n) is 6.15. The van der Waals surface area contributed by atoms with E-state index >= 15 is 0 Å². The summed E-state index contributed by atoms with van der Waals surface area (Å²) >= 11 is 6.62. The Kier molecular flexibility index (Phi) is 6.42. The Balaban J connectivity index is 1.86. The molecule has 4 nitrogen and oxygen atoms in total. The molecule has 0 spiro atoms. The maximum absolute atomic E-state index is 12.8. The zero-order chi connectivity index (χ0) is 19.2. The number of rotatable bonds is 7. The molecule has 0 bridgehead atoms. The van der Waals surface area contributed by atoms with Gasteiger partial charge in [0.2, 0.25) is 0 Å². The maximum Gasteiger partial charge on any atom is 0.303 e. The first kappa shape index (κ1) is 19.3. The quantitative estimate of drug-likeness (QED) is 0.553. The van der Waals surface area contributed by atoms with Crippen LogP contribution in [0.4, 0.5) is 0 Å². The largest absolute Gasteiger partial charge is 0.481 e. The zero-order valence-electron chi connectivity index (χ0n) is 14.6. The van der Waals surface area contributed by atoms with Crippen molar-refractivity contribution in [1.82, 2.24) is 4.90 Å². The van der Waals surface area contributed by atoms with E-state index in [1.54, 1.807) is 0 Å². The van der Waals surface area contributed by atoms with Gasteiger partial charge in [0.25, 0.3) is 5.91 Å². The molecule has 6 heteroatoms. The van der Waals surface area contributed by atoms with E-state index in [0.29, 0.717) is 22.2 Å². The van der Waals surface area contributed by atoms with E-state index in [-0.39, 0.29) is 18.2 Å². The van der Waals surface area contributed by atoms with Gasteiger partial charge in [-0.15, -0.1) is 0 Å². The van der Waals surface area contributed by atoms with Crippen LogP contribution in [0.25, 0.3) is 0 Å². The van der Waals surface area contributed by atoms with E-state index in [0.717, 1.165) is 11.1 Å². The van der Waals surface area contributed by atoms with Crippen molar-refractivity contribution < 1.29 is 14.7 Å². The molecule has 0 aliphatic carbocycles. The molecular weight excluding hydrogens is 378 g/mol. The number of hydrogen-bond acceptors (Lipinski definition) is 4. The highest BCUT2D eigenvalue weighted by atomic mass is 32.2. The average molecular weight is 398 g/mol. The minimum atomic E-state index is -0.871. The van der Waals surface area contributed by atoms with Gasteiger partial charge in [0.05, 0.1) is 4.91 Å². The molecular formula is C21H19NO3S2. The third kappa shape index (κ3) is 4.84. The molecule has 1 aliphatic heterocycles. The van der Waals surface area contributed by atoms with Crippen LogP contribution in [0, 0.1) is 0 Å². The topological polar surface area (TPSA) is 57.6 Å². The fraction of sp³-hybridized carbons (Fsp3) is 0.190. The van der Waals surface area contributed by atoms with Crippen molar-refractivity contribution in [2.75, 3.05) is 6.54 Å². The van der Waals surface area contributed by atoms with Crippen LogP contribution in [0.5, 0.6) is 0 Å². The average Bonchev–Trinajstić information content (AvgIpc) is 2.94. The van der Waals surface area contributed by atoms with E-state index in [1.165, 1.54) is 16.7 Å². The van der Waals surface area contributed by atoms with E-state index < -0.39 is 5.97 Å². The van der Waals surface area contributed by atoms with Crippen molar-refractivity contribution in [3.05, 3.63) is 82.8 Å². The summed E-state index contributed by atoms with van der Waals surface area (Å²) in [6.45, 7) is 0.329. The number of carboxylic acid groups (broad SMARTS) is 1. The summed E-state index contributed by atoms with van der Waals surface area (Å²) < 4.78 is 0.483. The fourth-order valence-electron chi connectivity index (χ4n) is 2.95. The number of allylic oxidation sites excluding steroid dienone is 1. The Bertz CT molecular complexity index is 826. The first-order valence-electron chi connectivity index (χ1n) is 8.63. The van der Waals surface area contributed by atoms with Gasteiger partial charge in [0.1, 0.15) is 4.32 Å². The number of carboxylic acids is 1. The number of nitrogens with zero attached hydrogens (tertiary/aromatic N) is 1. The summed E-state index contributed by atoms with van der Waals surface area (Å²) in [6.07, 6.45) is 2.36. The van der Waals surface area contributed by atoms with Crippen LogP contribution in [0.2, 0.25) is 0 Å². The smallest absolute Gasteiger partial charge is 0.303 e. The Morgan fingerprint density at radius 2 is 1.63 bits per heavy atom. The van der Waals surface area contributed by atoms with Crippen LogP contribution in [0.15, 0.2) is 71.6 Å². The van der Waals surface area contributed by atoms with Crippen LogP contribution in [-0.4, -0.2) is 32.7 Å². The summed E-state index contributed by atoms with van der Waals surface area (Å²) in [5, 5.41) is 8.79. The second-order valence-corrected chi connectivity index (χ2v) is 7.83. The molecule has 138 valence electrons. The lowest BCUT2D eigenvalue weighted by Crippen LogP contribution is -2.29. The molecule has 1 aliphatic rings. The lowest BCUT2D eigenvalue weighted by molar-refractivity contribution is -0.137. The van der Waals surface area contributed by atoms with E-state index in [1.807, 2.05) is 66.7 Å². The molecule has 2 aromatic rings. The third-order valence-corrected chi connectivity index (χ3v) is 5.68. The number of carbonyl (C=O) groups is 2. The van der Waals surface area contributed by atoms with Crippen molar-refractivity contribution in [3.63, 3.8) is 0 Å². The van der Waals surface area contributed by atoms with Gasteiger partial charge >= 0.3 is 5.97 Å². The standard InChI is InChI=1S/C21H19NO3S2/c23-19(24)12-7-13-22-20(25)18(27-21(22)26)14-17(15-8-3-1-4-9-15)16-10-5-2-6-11-16/h1-6,8-11,14,17H,7,12-13H2,(H,23,24)/b18-14+. The van der Waals surface area contributed by atoms with Crippen molar-refractivity contribution >= 4 is 40.2 Å². The number of aliphatic carboxylic acids is 1. The summed E-state index contributed by atoms with van der Waals surface area (Å²) in [4.78, 5) is 25.6. The Morgan fingerprint density at radius 3 is 2.15 bits per heavy atom. The molecule has 0 radical (unpaired) electrons. The normalized spacial score (nSPS) is 15.7. The van der Waals surface area contributed by atoms with Gasteiger partial charge in [-0.3, -0.25) is 14.5 Å². The predicted octanol–water partition coefficient (Wildman–Crippen LogP) is 4.43. The number of benzene rings is 2. The molecule has 0 unspecified atom stereocenters. The van der Waals surface area contributed by atoms with Crippen molar-refractivity contribution in [1.29, 1.82) is 0 Å². The van der Waals surface area contributed by atoms with Crippen LogP contribution in [0.3, 0.4) is 0 Å². The van der Waals surface area contributed by atoms with E-state index in [4.69, 9.17) is 17.3 Å². The minimum absolute atomic E-state index is 0.0206. The molecule has 1 fully saturated rings.